The molecule has 0 radical (unpaired) electrons. The van der Waals surface area contributed by atoms with Gasteiger partial charge in [-0.15, -0.1) is 0 Å². The highest BCUT2D eigenvalue weighted by Gasteiger charge is 2.24. The number of ether oxygens (including phenoxy) is 1. The average molecular weight is 413 g/mol. The van der Waals surface area contributed by atoms with Crippen LogP contribution in [0.4, 0.5) is 4.79 Å². The van der Waals surface area contributed by atoms with Crippen molar-refractivity contribution in [1.29, 1.82) is 0 Å². The van der Waals surface area contributed by atoms with E-state index in [-0.39, 0.29) is 24.6 Å². The van der Waals surface area contributed by atoms with Gasteiger partial charge in [-0.1, -0.05) is 60.7 Å². The summed E-state index contributed by atoms with van der Waals surface area (Å²) in [6.45, 7) is 8.41. The van der Waals surface area contributed by atoms with Crippen LogP contribution in [0.3, 0.4) is 0 Å². The fourth-order valence-electron chi connectivity index (χ4n) is 3.45. The van der Waals surface area contributed by atoms with Crippen molar-refractivity contribution in [2.45, 2.75) is 64.1 Å². The zero-order valence-corrected chi connectivity index (χ0v) is 18.6. The molecule has 2 rings (SSSR count). The predicted octanol–water partition coefficient (Wildman–Crippen LogP) is 4.27. The van der Waals surface area contributed by atoms with E-state index in [1.807, 2.05) is 64.1 Å². The summed E-state index contributed by atoms with van der Waals surface area (Å²) in [5.74, 6) is 0.197. The van der Waals surface area contributed by atoms with Gasteiger partial charge in [0.2, 0.25) is 0 Å². The van der Waals surface area contributed by atoms with E-state index in [0.29, 0.717) is 13.0 Å². The Morgan fingerprint density at radius 1 is 1.03 bits per heavy atom. The van der Waals surface area contributed by atoms with Gasteiger partial charge in [-0.3, -0.25) is 0 Å². The van der Waals surface area contributed by atoms with Crippen LogP contribution in [-0.2, 0) is 11.2 Å². The molecule has 0 bridgehead atoms. The third-order valence-corrected chi connectivity index (χ3v) is 5.02. The second-order valence-corrected chi connectivity index (χ2v) is 8.76. The Labute approximate surface area is 180 Å². The Kier molecular flexibility index (Phi) is 9.34. The SMILES string of the molecule is CC(NC(=O)OC(C)(C)C)C(Cc1ccccc1)NCC(CCO)c1ccccc1. The highest BCUT2D eigenvalue weighted by Crippen LogP contribution is 2.19. The first-order valence-electron chi connectivity index (χ1n) is 10.7. The number of aliphatic hydroxyl groups is 1. The van der Waals surface area contributed by atoms with Gasteiger partial charge in [0.05, 0.1) is 0 Å². The number of benzene rings is 2. The van der Waals surface area contributed by atoms with Gasteiger partial charge in [-0.05, 0) is 57.6 Å². The highest BCUT2D eigenvalue weighted by molar-refractivity contribution is 5.68. The van der Waals surface area contributed by atoms with Crippen molar-refractivity contribution in [3.05, 3.63) is 71.8 Å². The maximum atomic E-state index is 12.3. The molecule has 0 aromatic heterocycles. The van der Waals surface area contributed by atoms with Crippen LogP contribution in [0.5, 0.6) is 0 Å². The number of carbonyl (C=O) groups excluding carboxylic acids is 1. The molecule has 0 heterocycles. The zero-order valence-electron chi connectivity index (χ0n) is 18.6. The van der Waals surface area contributed by atoms with Crippen LogP contribution in [-0.4, -0.2) is 42.0 Å². The fourth-order valence-corrected chi connectivity index (χ4v) is 3.45. The topological polar surface area (TPSA) is 70.6 Å². The quantitative estimate of drug-likeness (QED) is 0.545. The molecule has 164 valence electrons. The second kappa shape index (κ2) is 11.7. The molecule has 0 saturated carbocycles. The largest absolute Gasteiger partial charge is 0.444 e. The van der Waals surface area contributed by atoms with Crippen molar-refractivity contribution >= 4 is 6.09 Å². The first-order valence-corrected chi connectivity index (χ1v) is 10.7. The van der Waals surface area contributed by atoms with E-state index < -0.39 is 11.7 Å². The van der Waals surface area contributed by atoms with E-state index >= 15 is 0 Å². The molecule has 2 aromatic rings. The molecule has 0 saturated heterocycles. The molecule has 3 atom stereocenters. The minimum Gasteiger partial charge on any atom is -0.444 e. The molecule has 0 aliphatic heterocycles. The zero-order chi connectivity index (χ0) is 22.0. The standard InChI is InChI=1S/C25H36N2O3/c1-19(27-24(29)30-25(2,3)4)23(17-20-11-7-5-8-12-20)26-18-22(15-16-28)21-13-9-6-10-14-21/h5-14,19,22-23,26,28H,15-18H2,1-4H3,(H,27,29). The molecule has 0 spiro atoms. The molecule has 0 aliphatic carbocycles. The monoisotopic (exact) mass is 412 g/mol. The summed E-state index contributed by atoms with van der Waals surface area (Å²) in [4.78, 5) is 12.3. The van der Waals surface area contributed by atoms with Crippen LogP contribution in [0.15, 0.2) is 60.7 Å². The summed E-state index contributed by atoms with van der Waals surface area (Å²) in [6, 6.07) is 20.4. The van der Waals surface area contributed by atoms with Crippen LogP contribution >= 0.6 is 0 Å². The summed E-state index contributed by atoms with van der Waals surface area (Å²) in [5, 5.41) is 16.2. The Hall–Kier alpha value is -2.37. The lowest BCUT2D eigenvalue weighted by molar-refractivity contribution is 0.0497. The minimum absolute atomic E-state index is 0.0184. The summed E-state index contributed by atoms with van der Waals surface area (Å²) >= 11 is 0. The molecular formula is C25H36N2O3. The molecular weight excluding hydrogens is 376 g/mol. The van der Waals surface area contributed by atoms with Gasteiger partial charge in [-0.2, -0.15) is 0 Å². The number of nitrogens with one attached hydrogen (secondary N) is 2. The molecule has 3 N–H and O–H groups in total. The molecule has 5 nitrogen and oxygen atoms in total. The summed E-state index contributed by atoms with van der Waals surface area (Å²) in [7, 11) is 0. The molecule has 0 aliphatic rings. The van der Waals surface area contributed by atoms with E-state index in [9.17, 15) is 9.90 Å². The van der Waals surface area contributed by atoms with Crippen LogP contribution in [0, 0.1) is 0 Å². The van der Waals surface area contributed by atoms with Gasteiger partial charge < -0.3 is 20.5 Å². The van der Waals surface area contributed by atoms with Crippen LogP contribution < -0.4 is 10.6 Å². The van der Waals surface area contributed by atoms with Gasteiger partial charge >= 0.3 is 6.09 Å². The molecule has 0 fully saturated rings. The molecule has 2 aromatic carbocycles. The molecule has 1 amide bonds. The first-order chi connectivity index (χ1) is 14.3. The van der Waals surface area contributed by atoms with Crippen molar-refractivity contribution in [2.75, 3.05) is 13.2 Å². The maximum absolute atomic E-state index is 12.3. The van der Waals surface area contributed by atoms with Gasteiger partial charge in [-0.25, -0.2) is 4.79 Å². The van der Waals surface area contributed by atoms with E-state index in [1.54, 1.807) is 0 Å². The minimum atomic E-state index is -0.536. The van der Waals surface area contributed by atoms with Gasteiger partial charge in [0.25, 0.3) is 0 Å². The number of aliphatic hydroxyl groups excluding tert-OH is 1. The molecule has 30 heavy (non-hydrogen) atoms. The predicted molar refractivity (Wildman–Crippen MR) is 122 cm³/mol. The van der Waals surface area contributed by atoms with Crippen LogP contribution in [0.2, 0.25) is 0 Å². The van der Waals surface area contributed by atoms with Crippen molar-refractivity contribution in [1.82, 2.24) is 10.6 Å². The fraction of sp³-hybridized carbons (Fsp3) is 0.480. The number of rotatable bonds is 10. The van der Waals surface area contributed by atoms with E-state index in [1.165, 1.54) is 11.1 Å². The number of alkyl carbamates (subject to hydrolysis) is 1. The van der Waals surface area contributed by atoms with Crippen LogP contribution in [0.1, 0.15) is 51.2 Å². The summed E-state index contributed by atoms with van der Waals surface area (Å²) in [6.07, 6.45) is 1.05. The lowest BCUT2D eigenvalue weighted by atomic mass is 9.94. The number of hydrogen-bond acceptors (Lipinski definition) is 4. The third-order valence-electron chi connectivity index (χ3n) is 5.02. The van der Waals surface area contributed by atoms with E-state index in [4.69, 9.17) is 4.74 Å². The number of amides is 1. The van der Waals surface area contributed by atoms with Crippen molar-refractivity contribution < 1.29 is 14.6 Å². The third kappa shape index (κ3) is 8.56. The Bertz CT molecular complexity index is 744. The first kappa shape index (κ1) is 23.9. The lowest BCUT2D eigenvalue weighted by Crippen LogP contribution is -2.51. The number of carbonyl (C=O) groups is 1. The Morgan fingerprint density at radius 2 is 1.63 bits per heavy atom. The Morgan fingerprint density at radius 3 is 2.20 bits per heavy atom. The van der Waals surface area contributed by atoms with Crippen molar-refractivity contribution in [3.63, 3.8) is 0 Å². The lowest BCUT2D eigenvalue weighted by Gasteiger charge is -2.29. The summed E-state index contributed by atoms with van der Waals surface area (Å²) < 4.78 is 5.43. The van der Waals surface area contributed by atoms with Crippen LogP contribution in [0.25, 0.3) is 0 Å². The smallest absolute Gasteiger partial charge is 0.407 e. The summed E-state index contributed by atoms with van der Waals surface area (Å²) in [5.41, 5.74) is 1.86. The molecule has 5 heteroatoms. The van der Waals surface area contributed by atoms with Crippen molar-refractivity contribution in [3.8, 4) is 0 Å². The number of hydrogen-bond donors (Lipinski definition) is 3. The van der Waals surface area contributed by atoms with Gasteiger partial charge in [0, 0.05) is 25.2 Å². The molecule has 3 unspecified atom stereocenters. The Balaban J connectivity index is 2.09. The van der Waals surface area contributed by atoms with Crippen molar-refractivity contribution in [2.24, 2.45) is 0 Å². The second-order valence-electron chi connectivity index (χ2n) is 8.76. The van der Waals surface area contributed by atoms with E-state index in [0.717, 1.165) is 6.42 Å². The van der Waals surface area contributed by atoms with E-state index in [2.05, 4.69) is 34.9 Å². The highest BCUT2D eigenvalue weighted by atomic mass is 16.6. The van der Waals surface area contributed by atoms with Gasteiger partial charge in [0.1, 0.15) is 5.60 Å². The average Bonchev–Trinajstić information content (AvgIpc) is 2.70. The maximum Gasteiger partial charge on any atom is 0.407 e. The van der Waals surface area contributed by atoms with Gasteiger partial charge in [0.15, 0.2) is 0 Å². The normalized spacial score (nSPS) is 14.6.